The number of nitrogens with two attached hydrogens (primary N) is 1. The van der Waals surface area contributed by atoms with Crippen molar-refractivity contribution in [1.82, 2.24) is 19.9 Å². The predicted molar refractivity (Wildman–Crippen MR) is 140 cm³/mol. The highest BCUT2D eigenvalue weighted by atomic mass is 16.6. The van der Waals surface area contributed by atoms with Crippen LogP contribution in [0.4, 0.5) is 10.6 Å². The first-order valence-electron chi connectivity index (χ1n) is 12.2. The third-order valence-corrected chi connectivity index (χ3v) is 6.32. The lowest BCUT2D eigenvalue weighted by molar-refractivity contribution is 0.0495. The first kappa shape index (κ1) is 23.7. The number of hydrogen-bond donors (Lipinski definition) is 2. The van der Waals surface area contributed by atoms with E-state index in [1.807, 2.05) is 75.4 Å². The van der Waals surface area contributed by atoms with Gasteiger partial charge in [-0.1, -0.05) is 30.3 Å². The fourth-order valence-corrected chi connectivity index (χ4v) is 4.81. The Labute approximate surface area is 210 Å². The van der Waals surface area contributed by atoms with E-state index in [1.54, 1.807) is 0 Å². The molecular formula is C28H31N5O3. The number of nitrogen functional groups attached to an aromatic ring is 1. The Morgan fingerprint density at radius 1 is 1.03 bits per heavy atom. The maximum atomic E-state index is 12.5. The molecule has 1 amide bonds. The third-order valence-electron chi connectivity index (χ3n) is 6.32. The number of nitrogens with one attached hydrogen (secondary N) is 1. The van der Waals surface area contributed by atoms with Crippen molar-refractivity contribution in [2.45, 2.75) is 57.7 Å². The van der Waals surface area contributed by atoms with Crippen LogP contribution in [-0.2, 0) is 4.74 Å². The Morgan fingerprint density at radius 3 is 2.47 bits per heavy atom. The number of alkyl carbamates (subject to hydrolysis) is 1. The molecule has 0 saturated heterocycles. The van der Waals surface area contributed by atoms with Crippen LogP contribution in [0.3, 0.4) is 0 Å². The van der Waals surface area contributed by atoms with Gasteiger partial charge in [-0.15, -0.1) is 0 Å². The number of carbonyl (C=O) groups excluding carboxylic acids is 1. The Morgan fingerprint density at radius 2 is 1.75 bits per heavy atom. The number of aromatic nitrogens is 3. The molecule has 0 aliphatic heterocycles. The third kappa shape index (κ3) is 4.98. The quantitative estimate of drug-likeness (QED) is 0.354. The highest BCUT2D eigenvalue weighted by molar-refractivity contribution is 6.00. The van der Waals surface area contributed by atoms with Gasteiger partial charge in [0.2, 0.25) is 0 Å². The molecule has 1 aliphatic rings. The second-order valence-corrected chi connectivity index (χ2v) is 10.1. The number of benzene rings is 2. The van der Waals surface area contributed by atoms with Crippen LogP contribution in [0.15, 0.2) is 67.1 Å². The van der Waals surface area contributed by atoms with E-state index in [1.165, 1.54) is 6.33 Å². The van der Waals surface area contributed by atoms with Crippen molar-refractivity contribution in [3.63, 3.8) is 0 Å². The minimum atomic E-state index is -0.552. The molecule has 0 bridgehead atoms. The molecule has 2 aromatic heterocycles. The lowest BCUT2D eigenvalue weighted by Crippen LogP contribution is -2.41. The maximum Gasteiger partial charge on any atom is 0.407 e. The zero-order valence-corrected chi connectivity index (χ0v) is 20.8. The summed E-state index contributed by atoms with van der Waals surface area (Å²) in [6.45, 7) is 5.58. The molecule has 0 radical (unpaired) electrons. The average molecular weight is 486 g/mol. The molecule has 4 aromatic rings. The van der Waals surface area contributed by atoms with E-state index in [0.29, 0.717) is 5.82 Å². The molecule has 0 unspecified atom stereocenters. The summed E-state index contributed by atoms with van der Waals surface area (Å²) in [7, 11) is 0. The Hall–Kier alpha value is -4.07. The molecule has 2 heterocycles. The number of fused-ring (bicyclic) bond motifs is 1. The van der Waals surface area contributed by atoms with Crippen LogP contribution in [0.5, 0.6) is 11.5 Å². The van der Waals surface area contributed by atoms with Gasteiger partial charge >= 0.3 is 6.09 Å². The summed E-state index contributed by atoms with van der Waals surface area (Å²) in [5, 5.41) is 3.87. The van der Waals surface area contributed by atoms with E-state index in [9.17, 15) is 4.79 Å². The second-order valence-electron chi connectivity index (χ2n) is 10.1. The lowest BCUT2D eigenvalue weighted by atomic mass is 10.1. The molecule has 1 aliphatic carbocycles. The Kier molecular flexibility index (Phi) is 6.26. The first-order valence-corrected chi connectivity index (χ1v) is 12.2. The smallest absolute Gasteiger partial charge is 0.407 e. The number of anilines is 1. The summed E-state index contributed by atoms with van der Waals surface area (Å²) in [5.74, 6) is 1.95. The fourth-order valence-electron chi connectivity index (χ4n) is 4.81. The van der Waals surface area contributed by atoms with Gasteiger partial charge in [-0.05, 0) is 69.9 Å². The van der Waals surface area contributed by atoms with E-state index in [0.717, 1.165) is 52.9 Å². The van der Waals surface area contributed by atoms with Crippen molar-refractivity contribution in [3.05, 3.63) is 67.1 Å². The van der Waals surface area contributed by atoms with Crippen molar-refractivity contribution >= 4 is 22.9 Å². The molecule has 8 nitrogen and oxygen atoms in total. The van der Waals surface area contributed by atoms with Crippen LogP contribution in [0.1, 0.15) is 46.1 Å². The molecule has 2 atom stereocenters. The van der Waals surface area contributed by atoms with Gasteiger partial charge in [-0.2, -0.15) is 0 Å². The molecule has 0 spiro atoms. The SMILES string of the molecule is CC(C)(C)OC(=O)N[C@H]1CCC[C@@H]1n1cc(-c2ccc(Oc3ccccc3)cc2)c2c(N)ncnc21. The molecule has 8 heteroatoms. The molecule has 1 fully saturated rings. The molecule has 2 aromatic carbocycles. The summed E-state index contributed by atoms with van der Waals surface area (Å²) in [6.07, 6.45) is 5.93. The summed E-state index contributed by atoms with van der Waals surface area (Å²) in [4.78, 5) is 21.3. The summed E-state index contributed by atoms with van der Waals surface area (Å²) >= 11 is 0. The van der Waals surface area contributed by atoms with E-state index >= 15 is 0 Å². The highest BCUT2D eigenvalue weighted by Crippen LogP contribution is 2.39. The summed E-state index contributed by atoms with van der Waals surface area (Å²) in [6, 6.07) is 17.5. The van der Waals surface area contributed by atoms with Crippen molar-refractivity contribution in [1.29, 1.82) is 0 Å². The van der Waals surface area contributed by atoms with Gasteiger partial charge < -0.3 is 25.1 Å². The van der Waals surface area contributed by atoms with E-state index in [-0.39, 0.29) is 12.1 Å². The maximum absolute atomic E-state index is 12.5. The Bertz CT molecular complexity index is 1360. The lowest BCUT2D eigenvalue weighted by Gasteiger charge is -2.26. The fraction of sp³-hybridized carbons (Fsp3) is 0.321. The number of para-hydroxylation sites is 1. The van der Waals surface area contributed by atoms with Crippen LogP contribution >= 0.6 is 0 Å². The number of amides is 1. The highest BCUT2D eigenvalue weighted by Gasteiger charge is 2.33. The van der Waals surface area contributed by atoms with Gasteiger partial charge in [0.05, 0.1) is 17.5 Å². The monoisotopic (exact) mass is 485 g/mol. The van der Waals surface area contributed by atoms with Crippen LogP contribution < -0.4 is 15.8 Å². The Balaban J connectivity index is 1.46. The minimum Gasteiger partial charge on any atom is -0.457 e. The van der Waals surface area contributed by atoms with Crippen molar-refractivity contribution in [2.24, 2.45) is 0 Å². The van der Waals surface area contributed by atoms with Crippen LogP contribution in [0.25, 0.3) is 22.2 Å². The normalized spacial score (nSPS) is 17.8. The van der Waals surface area contributed by atoms with Crippen molar-refractivity contribution in [2.75, 3.05) is 5.73 Å². The number of ether oxygens (including phenoxy) is 2. The van der Waals surface area contributed by atoms with Gasteiger partial charge in [0.1, 0.15) is 34.9 Å². The van der Waals surface area contributed by atoms with Crippen molar-refractivity contribution in [3.8, 4) is 22.6 Å². The van der Waals surface area contributed by atoms with E-state index in [2.05, 4.69) is 26.0 Å². The molecule has 186 valence electrons. The van der Waals surface area contributed by atoms with Gasteiger partial charge in [0, 0.05) is 11.8 Å². The molecular weight excluding hydrogens is 454 g/mol. The largest absolute Gasteiger partial charge is 0.457 e. The number of carbonyl (C=O) groups is 1. The standard InChI is InChI=1S/C28H31N5O3/c1-28(2,3)36-27(34)32-22-10-7-11-23(22)33-16-21(24-25(29)30-17-31-26(24)33)18-12-14-20(15-13-18)35-19-8-5-4-6-9-19/h4-6,8-9,12-17,22-23H,7,10-11H2,1-3H3,(H,32,34)(H2,29,30,31)/t22-,23-/m0/s1. The van der Waals surface area contributed by atoms with Gasteiger partial charge in [-0.3, -0.25) is 0 Å². The van der Waals surface area contributed by atoms with Crippen LogP contribution in [0.2, 0.25) is 0 Å². The van der Waals surface area contributed by atoms with Crippen LogP contribution in [0, 0.1) is 0 Å². The van der Waals surface area contributed by atoms with E-state index < -0.39 is 11.7 Å². The van der Waals surface area contributed by atoms with Gasteiger partial charge in [0.25, 0.3) is 0 Å². The zero-order chi connectivity index (χ0) is 25.3. The second kappa shape index (κ2) is 9.53. The molecule has 1 saturated carbocycles. The molecule has 36 heavy (non-hydrogen) atoms. The zero-order valence-electron chi connectivity index (χ0n) is 20.8. The summed E-state index contributed by atoms with van der Waals surface area (Å²) in [5.41, 5.74) is 8.47. The predicted octanol–water partition coefficient (Wildman–Crippen LogP) is 6.09. The number of hydrogen-bond acceptors (Lipinski definition) is 6. The van der Waals surface area contributed by atoms with Gasteiger partial charge in [-0.25, -0.2) is 14.8 Å². The average Bonchev–Trinajstić information content (AvgIpc) is 3.44. The van der Waals surface area contributed by atoms with E-state index in [4.69, 9.17) is 15.2 Å². The number of nitrogens with zero attached hydrogens (tertiary/aromatic N) is 3. The first-order chi connectivity index (χ1) is 17.3. The molecule has 3 N–H and O–H groups in total. The number of rotatable bonds is 5. The van der Waals surface area contributed by atoms with Crippen LogP contribution in [-0.4, -0.2) is 32.3 Å². The van der Waals surface area contributed by atoms with Crippen molar-refractivity contribution < 1.29 is 14.3 Å². The van der Waals surface area contributed by atoms with Gasteiger partial charge in [0.15, 0.2) is 0 Å². The summed E-state index contributed by atoms with van der Waals surface area (Å²) < 4.78 is 13.6. The minimum absolute atomic E-state index is 0.0313. The molecule has 5 rings (SSSR count). The topological polar surface area (TPSA) is 104 Å².